The van der Waals surface area contributed by atoms with E-state index < -0.39 is 5.82 Å². The Hall–Kier alpha value is -3.39. The summed E-state index contributed by atoms with van der Waals surface area (Å²) in [5.74, 6) is 0.616. The van der Waals surface area contributed by atoms with Crippen LogP contribution in [0.5, 0.6) is 5.75 Å². The number of nitrogens with zero attached hydrogens (tertiary/aromatic N) is 4. The molecular weight excluding hydrogens is 469 g/mol. The SMILES string of the molecule is CNc1nccn1Cc1cc(CN(C)C)c2c(c1)C(=O)N([C@@H](C)c1ccc(F)c(OC)c1)CC21CCC1. The molecule has 1 atom stereocenters. The minimum absolute atomic E-state index is 0.0321. The fraction of sp³-hybridized carbons (Fsp3) is 0.448. The van der Waals surface area contributed by atoms with Gasteiger partial charge in [0.25, 0.3) is 5.91 Å². The summed E-state index contributed by atoms with van der Waals surface area (Å²) in [5.41, 5.74) is 5.15. The number of benzene rings is 2. The Morgan fingerprint density at radius 2 is 2.03 bits per heavy atom. The summed E-state index contributed by atoms with van der Waals surface area (Å²) in [6.45, 7) is 4.09. The van der Waals surface area contributed by atoms with Gasteiger partial charge in [-0.2, -0.15) is 0 Å². The average molecular weight is 506 g/mol. The second kappa shape index (κ2) is 9.82. The lowest BCUT2D eigenvalue weighted by molar-refractivity contribution is 0.0487. The van der Waals surface area contributed by atoms with Gasteiger partial charge in [-0.1, -0.05) is 18.6 Å². The molecule has 7 nitrogen and oxygen atoms in total. The van der Waals surface area contributed by atoms with Gasteiger partial charge in [0, 0.05) is 43.5 Å². The number of fused-ring (bicyclic) bond motifs is 2. The zero-order valence-corrected chi connectivity index (χ0v) is 22.3. The number of nitrogens with one attached hydrogen (secondary N) is 1. The maximum Gasteiger partial charge on any atom is 0.254 e. The molecule has 3 aromatic rings. The molecule has 1 amide bonds. The fourth-order valence-corrected chi connectivity index (χ4v) is 6.05. The molecule has 37 heavy (non-hydrogen) atoms. The molecule has 1 aliphatic heterocycles. The number of aromatic nitrogens is 2. The highest BCUT2D eigenvalue weighted by atomic mass is 19.1. The van der Waals surface area contributed by atoms with Crippen molar-refractivity contribution in [1.29, 1.82) is 0 Å². The zero-order valence-electron chi connectivity index (χ0n) is 22.3. The number of carbonyl (C=O) groups is 1. The third kappa shape index (κ3) is 4.48. The standard InChI is InChI=1S/C29H36FN5O2/c1-19(21-7-8-24(30)25(15-21)37-5)35-18-29(9-6-10-29)26-22(17-33(3)4)13-20(14-23(26)27(35)36)16-34-12-11-32-28(34)31-2/h7-8,11-15,19H,6,9-10,16-18H2,1-5H3,(H,31,32)/t19-/m0/s1. The van der Waals surface area contributed by atoms with Crippen LogP contribution in [0.25, 0.3) is 0 Å². The van der Waals surface area contributed by atoms with Crippen LogP contribution in [-0.4, -0.2) is 60.1 Å². The Balaban J connectivity index is 1.59. The number of rotatable bonds is 8. The molecular formula is C29H36FN5O2. The van der Waals surface area contributed by atoms with Crippen LogP contribution in [-0.2, 0) is 18.5 Å². The minimum Gasteiger partial charge on any atom is -0.494 e. The summed E-state index contributed by atoms with van der Waals surface area (Å²) in [6.07, 6.45) is 7.01. The van der Waals surface area contributed by atoms with Gasteiger partial charge in [-0.15, -0.1) is 0 Å². The highest BCUT2D eigenvalue weighted by molar-refractivity contribution is 5.98. The molecule has 2 aromatic carbocycles. The first-order valence-electron chi connectivity index (χ1n) is 12.9. The van der Waals surface area contributed by atoms with Crippen molar-refractivity contribution in [2.24, 2.45) is 0 Å². The van der Waals surface area contributed by atoms with Crippen molar-refractivity contribution in [3.8, 4) is 5.75 Å². The van der Waals surface area contributed by atoms with E-state index in [2.05, 4.69) is 46.0 Å². The second-order valence-corrected chi connectivity index (χ2v) is 10.7. The predicted octanol–water partition coefficient (Wildman–Crippen LogP) is 4.82. The third-order valence-electron chi connectivity index (χ3n) is 7.99. The van der Waals surface area contributed by atoms with E-state index in [1.807, 2.05) is 25.1 Å². The van der Waals surface area contributed by atoms with Crippen LogP contribution in [0.15, 0.2) is 42.7 Å². The fourth-order valence-electron chi connectivity index (χ4n) is 6.05. The minimum atomic E-state index is -0.400. The number of carbonyl (C=O) groups excluding carboxylic acids is 1. The lowest BCUT2D eigenvalue weighted by Gasteiger charge is -2.52. The predicted molar refractivity (Wildman–Crippen MR) is 143 cm³/mol. The largest absolute Gasteiger partial charge is 0.494 e. The zero-order chi connectivity index (χ0) is 26.3. The molecule has 1 saturated carbocycles. The number of anilines is 1. The van der Waals surface area contributed by atoms with Crippen molar-refractivity contribution in [1.82, 2.24) is 19.4 Å². The van der Waals surface area contributed by atoms with Crippen LogP contribution < -0.4 is 10.1 Å². The lowest BCUT2D eigenvalue weighted by Crippen LogP contribution is -2.54. The number of imidazole rings is 1. The molecule has 1 fully saturated rings. The maximum absolute atomic E-state index is 14.2. The van der Waals surface area contributed by atoms with Crippen LogP contribution in [0.3, 0.4) is 0 Å². The molecule has 1 aromatic heterocycles. The van der Waals surface area contributed by atoms with E-state index in [0.717, 1.165) is 48.4 Å². The van der Waals surface area contributed by atoms with Gasteiger partial charge in [0.15, 0.2) is 11.6 Å². The Labute approximate surface area is 218 Å². The molecule has 2 aliphatic rings. The molecule has 0 saturated heterocycles. The van der Waals surface area contributed by atoms with Crippen molar-refractivity contribution in [3.05, 3.63) is 76.4 Å². The summed E-state index contributed by atoms with van der Waals surface area (Å²) in [6, 6.07) is 9.03. The topological polar surface area (TPSA) is 62.6 Å². The molecule has 1 aliphatic carbocycles. The Morgan fingerprint density at radius 1 is 1.24 bits per heavy atom. The van der Waals surface area contributed by atoms with Gasteiger partial charge in [0.2, 0.25) is 5.95 Å². The van der Waals surface area contributed by atoms with E-state index >= 15 is 0 Å². The van der Waals surface area contributed by atoms with Crippen molar-refractivity contribution in [2.75, 3.05) is 40.1 Å². The maximum atomic E-state index is 14.2. The molecule has 0 unspecified atom stereocenters. The van der Waals surface area contributed by atoms with Gasteiger partial charge >= 0.3 is 0 Å². The second-order valence-electron chi connectivity index (χ2n) is 10.7. The number of hydrogen-bond acceptors (Lipinski definition) is 5. The van der Waals surface area contributed by atoms with Crippen molar-refractivity contribution >= 4 is 11.9 Å². The summed E-state index contributed by atoms with van der Waals surface area (Å²) >= 11 is 0. The summed E-state index contributed by atoms with van der Waals surface area (Å²) < 4.78 is 21.4. The number of amides is 1. The first-order chi connectivity index (χ1) is 17.8. The molecule has 0 radical (unpaired) electrons. The molecule has 196 valence electrons. The smallest absolute Gasteiger partial charge is 0.254 e. The van der Waals surface area contributed by atoms with Crippen LogP contribution >= 0.6 is 0 Å². The van der Waals surface area contributed by atoms with E-state index in [1.54, 1.807) is 18.3 Å². The van der Waals surface area contributed by atoms with E-state index in [1.165, 1.54) is 24.3 Å². The van der Waals surface area contributed by atoms with Crippen LogP contribution in [0.4, 0.5) is 10.3 Å². The van der Waals surface area contributed by atoms with Crippen LogP contribution in [0, 0.1) is 5.82 Å². The Morgan fingerprint density at radius 3 is 2.68 bits per heavy atom. The van der Waals surface area contributed by atoms with Gasteiger partial charge < -0.3 is 24.4 Å². The van der Waals surface area contributed by atoms with Crippen LogP contribution in [0.1, 0.15) is 64.8 Å². The number of halogens is 1. The molecule has 1 N–H and O–H groups in total. The first kappa shape index (κ1) is 25.3. The van der Waals surface area contributed by atoms with Gasteiger partial charge in [-0.05, 0) is 74.3 Å². The van der Waals surface area contributed by atoms with Gasteiger partial charge in [-0.25, -0.2) is 9.37 Å². The quantitative estimate of drug-likeness (QED) is 0.476. The van der Waals surface area contributed by atoms with E-state index in [-0.39, 0.29) is 23.1 Å². The highest BCUT2D eigenvalue weighted by Crippen LogP contribution is 2.51. The monoisotopic (exact) mass is 505 g/mol. The average Bonchev–Trinajstić information content (AvgIpc) is 3.30. The normalized spacial score (nSPS) is 17.1. The third-order valence-corrected chi connectivity index (χ3v) is 7.99. The number of ether oxygens (including phenoxy) is 1. The van der Waals surface area contributed by atoms with E-state index in [9.17, 15) is 9.18 Å². The van der Waals surface area contributed by atoms with Crippen molar-refractivity contribution < 1.29 is 13.9 Å². The van der Waals surface area contributed by atoms with Crippen molar-refractivity contribution in [3.63, 3.8) is 0 Å². The summed E-state index contributed by atoms with van der Waals surface area (Å²) in [4.78, 5) is 22.7. The molecule has 8 heteroatoms. The molecule has 2 heterocycles. The van der Waals surface area contributed by atoms with E-state index in [0.29, 0.717) is 13.1 Å². The van der Waals surface area contributed by atoms with E-state index in [4.69, 9.17) is 4.74 Å². The summed E-state index contributed by atoms with van der Waals surface area (Å²) in [5, 5.41) is 3.13. The number of methoxy groups -OCH3 is 1. The summed E-state index contributed by atoms with van der Waals surface area (Å²) in [7, 11) is 7.47. The van der Waals surface area contributed by atoms with Gasteiger partial charge in [0.05, 0.1) is 19.7 Å². The van der Waals surface area contributed by atoms with Crippen LogP contribution in [0.2, 0.25) is 0 Å². The van der Waals surface area contributed by atoms with Gasteiger partial charge in [0.1, 0.15) is 0 Å². The Kier molecular flexibility index (Phi) is 6.70. The molecule has 0 bridgehead atoms. The Bertz CT molecular complexity index is 1310. The molecule has 5 rings (SSSR count). The lowest BCUT2D eigenvalue weighted by atomic mass is 9.60. The van der Waals surface area contributed by atoms with Gasteiger partial charge in [-0.3, -0.25) is 4.79 Å². The highest BCUT2D eigenvalue weighted by Gasteiger charge is 2.49. The number of hydrogen-bond donors (Lipinski definition) is 1. The molecule has 1 spiro atoms. The first-order valence-corrected chi connectivity index (χ1v) is 12.9. The van der Waals surface area contributed by atoms with Crippen molar-refractivity contribution in [2.45, 2.75) is 50.7 Å².